The van der Waals surface area contributed by atoms with Crippen LogP contribution in [0, 0.1) is 0 Å². The molecule has 0 heterocycles. The summed E-state index contributed by atoms with van der Waals surface area (Å²) in [5.41, 5.74) is 0. The van der Waals surface area contributed by atoms with Crippen molar-refractivity contribution in [2.75, 3.05) is 0 Å². The maximum Gasteiger partial charge on any atom is 0.111 e. The quantitative estimate of drug-likeness (QED) is 0.266. The highest BCUT2D eigenvalue weighted by Gasteiger charge is 2.40. The van der Waals surface area contributed by atoms with Crippen molar-refractivity contribution in [2.45, 2.75) is 36.9 Å². The molecule has 0 amide bonds. The lowest BCUT2D eigenvalue weighted by Gasteiger charge is -2.35. The zero-order chi connectivity index (χ0) is 8.59. The van der Waals surface area contributed by atoms with Gasteiger partial charge in [0.05, 0.1) is 12.2 Å². The van der Waals surface area contributed by atoms with Crippen LogP contribution >= 0.6 is 0 Å². The van der Waals surface area contributed by atoms with Crippen LogP contribution < -0.4 is 0 Å². The van der Waals surface area contributed by atoms with Crippen LogP contribution in [0.2, 0.25) is 0 Å². The summed E-state index contributed by atoms with van der Waals surface area (Å²) in [6.45, 7) is 0. The molecule has 0 aromatic carbocycles. The van der Waals surface area contributed by atoms with Crippen molar-refractivity contribution in [3.63, 3.8) is 0 Å². The molecule has 0 radical (unpaired) electrons. The normalized spacial score (nSPS) is 52.6. The van der Waals surface area contributed by atoms with Crippen LogP contribution in [0.25, 0.3) is 0 Å². The molecule has 1 aliphatic rings. The number of hydrogen-bond acceptors (Lipinski definition) is 5. The molecular formula is C6H12O5. The zero-order valence-corrected chi connectivity index (χ0v) is 5.83. The highest BCUT2D eigenvalue weighted by atomic mass is 16.4. The van der Waals surface area contributed by atoms with E-state index in [1.807, 2.05) is 0 Å². The summed E-state index contributed by atoms with van der Waals surface area (Å²) in [4.78, 5) is 0. The lowest BCUT2D eigenvalue weighted by atomic mass is 9.87. The largest absolute Gasteiger partial charge is 0.390 e. The van der Waals surface area contributed by atoms with Crippen molar-refractivity contribution >= 4 is 0 Å². The van der Waals surface area contributed by atoms with E-state index in [0.29, 0.717) is 0 Å². The Morgan fingerprint density at radius 2 is 1.00 bits per heavy atom. The molecule has 1 aliphatic carbocycles. The number of rotatable bonds is 0. The van der Waals surface area contributed by atoms with E-state index in [9.17, 15) is 0 Å². The summed E-state index contributed by atoms with van der Waals surface area (Å²) in [7, 11) is 0. The van der Waals surface area contributed by atoms with Gasteiger partial charge >= 0.3 is 0 Å². The monoisotopic (exact) mass is 164 g/mol. The fraction of sp³-hybridized carbons (Fsp3) is 1.00. The fourth-order valence-electron chi connectivity index (χ4n) is 1.18. The van der Waals surface area contributed by atoms with E-state index >= 15 is 0 Å². The van der Waals surface area contributed by atoms with Crippen molar-refractivity contribution in [3.8, 4) is 0 Å². The van der Waals surface area contributed by atoms with Gasteiger partial charge in [-0.15, -0.1) is 0 Å². The summed E-state index contributed by atoms with van der Waals surface area (Å²) in [5, 5.41) is 44.8. The molecule has 1 saturated carbocycles. The predicted octanol–water partition coefficient (Wildman–Crippen LogP) is -2.81. The molecule has 4 atom stereocenters. The smallest absolute Gasteiger partial charge is 0.111 e. The van der Waals surface area contributed by atoms with E-state index < -0.39 is 30.5 Å². The van der Waals surface area contributed by atoms with Crippen molar-refractivity contribution in [3.05, 3.63) is 0 Å². The third-order valence-electron chi connectivity index (χ3n) is 1.97. The van der Waals surface area contributed by atoms with E-state index in [-0.39, 0.29) is 6.42 Å². The molecule has 1 fully saturated rings. The molecule has 0 unspecified atom stereocenters. The van der Waals surface area contributed by atoms with Gasteiger partial charge in [0.15, 0.2) is 0 Å². The average Bonchev–Trinajstić information content (AvgIpc) is 1.97. The van der Waals surface area contributed by atoms with Crippen LogP contribution in [0.5, 0.6) is 0 Å². The predicted molar refractivity (Wildman–Crippen MR) is 34.7 cm³/mol. The Hall–Kier alpha value is -0.200. The van der Waals surface area contributed by atoms with Crippen molar-refractivity contribution < 1.29 is 25.5 Å². The topological polar surface area (TPSA) is 101 Å². The van der Waals surface area contributed by atoms with Gasteiger partial charge in [-0.1, -0.05) is 0 Å². The molecule has 5 heteroatoms. The van der Waals surface area contributed by atoms with E-state index in [1.54, 1.807) is 0 Å². The minimum atomic E-state index is -1.46. The second-order valence-corrected chi connectivity index (χ2v) is 2.84. The standard InChI is InChI=1S/C6H12O5/c7-2-1-3(8)5(10)6(11)4(2)9/h2-11H,1H2/t2-,3-,4-,5-/m0/s1. The van der Waals surface area contributed by atoms with Crippen LogP contribution in [0.1, 0.15) is 6.42 Å². The third-order valence-corrected chi connectivity index (χ3v) is 1.97. The molecule has 1 rings (SSSR count). The average molecular weight is 164 g/mol. The van der Waals surface area contributed by atoms with Crippen LogP contribution in [0.4, 0.5) is 0 Å². The molecule has 5 nitrogen and oxygen atoms in total. The highest BCUT2D eigenvalue weighted by Crippen LogP contribution is 2.20. The Morgan fingerprint density at radius 1 is 0.636 bits per heavy atom. The van der Waals surface area contributed by atoms with Gasteiger partial charge in [-0.3, -0.25) is 0 Å². The molecule has 0 aromatic heterocycles. The lowest BCUT2D eigenvalue weighted by Crippen LogP contribution is -2.55. The SMILES string of the molecule is OC1[C@@H](O)[C@@H](O)C[C@H](O)[C@@H]1O. The summed E-state index contributed by atoms with van der Waals surface area (Å²) >= 11 is 0. The van der Waals surface area contributed by atoms with E-state index in [2.05, 4.69) is 0 Å². The first-order chi connectivity index (χ1) is 5.04. The second kappa shape index (κ2) is 3.04. The molecular weight excluding hydrogens is 152 g/mol. The Kier molecular flexibility index (Phi) is 2.46. The fourth-order valence-corrected chi connectivity index (χ4v) is 1.18. The zero-order valence-electron chi connectivity index (χ0n) is 5.83. The van der Waals surface area contributed by atoms with Gasteiger partial charge in [0.25, 0.3) is 0 Å². The molecule has 0 spiro atoms. The van der Waals surface area contributed by atoms with E-state index in [4.69, 9.17) is 25.5 Å². The van der Waals surface area contributed by atoms with Crippen LogP contribution in [-0.2, 0) is 0 Å². The molecule has 66 valence electrons. The van der Waals surface area contributed by atoms with Crippen molar-refractivity contribution in [1.82, 2.24) is 0 Å². The lowest BCUT2D eigenvalue weighted by molar-refractivity contribution is -0.176. The minimum absolute atomic E-state index is 0.112. The van der Waals surface area contributed by atoms with Gasteiger partial charge in [-0.25, -0.2) is 0 Å². The summed E-state index contributed by atoms with van der Waals surface area (Å²) in [6, 6.07) is 0. The molecule has 11 heavy (non-hydrogen) atoms. The van der Waals surface area contributed by atoms with Crippen LogP contribution in [-0.4, -0.2) is 56.1 Å². The van der Waals surface area contributed by atoms with Gasteiger partial charge in [-0.2, -0.15) is 0 Å². The number of hydrogen-bond donors (Lipinski definition) is 5. The van der Waals surface area contributed by atoms with E-state index in [0.717, 1.165) is 0 Å². The second-order valence-electron chi connectivity index (χ2n) is 2.84. The molecule has 0 saturated heterocycles. The Bertz CT molecular complexity index is 125. The van der Waals surface area contributed by atoms with Gasteiger partial charge in [0, 0.05) is 6.42 Å². The maximum atomic E-state index is 8.97. The van der Waals surface area contributed by atoms with Gasteiger partial charge in [-0.05, 0) is 0 Å². The molecule has 0 bridgehead atoms. The minimum Gasteiger partial charge on any atom is -0.390 e. The maximum absolute atomic E-state index is 8.97. The Labute approximate surface area is 63.5 Å². The van der Waals surface area contributed by atoms with Gasteiger partial charge < -0.3 is 25.5 Å². The Morgan fingerprint density at radius 3 is 1.36 bits per heavy atom. The van der Waals surface area contributed by atoms with Gasteiger partial charge in [0.2, 0.25) is 0 Å². The van der Waals surface area contributed by atoms with Gasteiger partial charge in [0.1, 0.15) is 18.3 Å². The first kappa shape index (κ1) is 8.89. The molecule has 0 aromatic rings. The third kappa shape index (κ3) is 1.52. The Balaban J connectivity index is 2.63. The molecule has 0 aliphatic heterocycles. The summed E-state index contributed by atoms with van der Waals surface area (Å²) in [5.74, 6) is 0. The van der Waals surface area contributed by atoms with Crippen molar-refractivity contribution in [2.24, 2.45) is 0 Å². The van der Waals surface area contributed by atoms with Crippen LogP contribution in [0.3, 0.4) is 0 Å². The van der Waals surface area contributed by atoms with Crippen LogP contribution in [0.15, 0.2) is 0 Å². The highest BCUT2D eigenvalue weighted by molar-refractivity contribution is 4.92. The summed E-state index contributed by atoms with van der Waals surface area (Å²) < 4.78 is 0. The first-order valence-electron chi connectivity index (χ1n) is 3.44. The van der Waals surface area contributed by atoms with E-state index in [1.165, 1.54) is 0 Å². The number of aliphatic hydroxyl groups is 5. The molecule has 5 N–H and O–H groups in total. The summed E-state index contributed by atoms with van der Waals surface area (Å²) in [6.07, 6.45) is -6.64. The van der Waals surface area contributed by atoms with Crippen molar-refractivity contribution in [1.29, 1.82) is 0 Å². The number of aliphatic hydroxyl groups excluding tert-OH is 5. The first-order valence-corrected chi connectivity index (χ1v) is 3.44.